The van der Waals surface area contributed by atoms with E-state index >= 15 is 0 Å². The predicted molar refractivity (Wildman–Crippen MR) is 78.1 cm³/mol. The van der Waals surface area contributed by atoms with Gasteiger partial charge in [0.05, 0.1) is 5.02 Å². The Morgan fingerprint density at radius 3 is 2.47 bits per heavy atom. The second-order valence-electron chi connectivity index (χ2n) is 4.37. The van der Waals surface area contributed by atoms with Gasteiger partial charge in [0, 0.05) is 23.2 Å². The fourth-order valence-electron chi connectivity index (χ4n) is 1.82. The first-order valence-electron chi connectivity index (χ1n) is 5.99. The van der Waals surface area contributed by atoms with Crippen LogP contribution < -0.4 is 5.32 Å². The largest absolute Gasteiger partial charge is 0.306 e. The average molecular weight is 298 g/mol. The van der Waals surface area contributed by atoms with Gasteiger partial charge in [-0.3, -0.25) is 0 Å². The fraction of sp³-hybridized carbons (Fsp3) is 0.200. The summed E-state index contributed by atoms with van der Waals surface area (Å²) in [5, 5.41) is 4.12. The Morgan fingerprint density at radius 1 is 1.11 bits per heavy atom. The molecule has 0 amide bonds. The first-order chi connectivity index (χ1) is 9.08. The lowest BCUT2D eigenvalue weighted by molar-refractivity contribution is 0.544. The maximum absolute atomic E-state index is 13.7. The Kier molecular flexibility index (Phi) is 4.81. The number of rotatable bonds is 4. The van der Waals surface area contributed by atoms with Crippen LogP contribution in [0.15, 0.2) is 42.5 Å². The summed E-state index contributed by atoms with van der Waals surface area (Å²) in [5.41, 5.74) is 1.67. The molecule has 0 radical (unpaired) electrons. The highest BCUT2D eigenvalue weighted by molar-refractivity contribution is 6.31. The normalized spacial score (nSPS) is 12.4. The molecule has 0 aromatic heterocycles. The summed E-state index contributed by atoms with van der Waals surface area (Å²) in [6, 6.07) is 12.7. The van der Waals surface area contributed by atoms with Gasteiger partial charge in [0.1, 0.15) is 5.82 Å². The molecule has 0 fully saturated rings. The van der Waals surface area contributed by atoms with Crippen LogP contribution in [0.4, 0.5) is 4.39 Å². The molecule has 0 heterocycles. The summed E-state index contributed by atoms with van der Waals surface area (Å²) in [6.07, 6.45) is 0. The quantitative estimate of drug-likeness (QED) is 0.839. The maximum Gasteiger partial charge on any atom is 0.146 e. The summed E-state index contributed by atoms with van der Waals surface area (Å²) in [6.45, 7) is 2.45. The third kappa shape index (κ3) is 3.69. The van der Waals surface area contributed by atoms with E-state index in [1.165, 1.54) is 0 Å². The van der Waals surface area contributed by atoms with E-state index in [9.17, 15) is 4.39 Å². The van der Waals surface area contributed by atoms with E-state index in [1.807, 2.05) is 31.2 Å². The van der Waals surface area contributed by atoms with E-state index in [0.29, 0.717) is 17.1 Å². The third-order valence-electron chi connectivity index (χ3n) is 3.00. The monoisotopic (exact) mass is 297 g/mol. The highest BCUT2D eigenvalue weighted by atomic mass is 35.5. The zero-order valence-electron chi connectivity index (χ0n) is 10.5. The molecule has 1 nitrogen and oxygen atoms in total. The number of hydrogen-bond donors (Lipinski definition) is 1. The maximum atomic E-state index is 13.7. The molecule has 1 N–H and O–H groups in total. The SMILES string of the molecule is CC(NCc1cccc(Cl)c1F)c1ccc(Cl)cc1. The highest BCUT2D eigenvalue weighted by Gasteiger charge is 2.09. The van der Waals surface area contributed by atoms with Crippen molar-refractivity contribution >= 4 is 23.2 Å². The highest BCUT2D eigenvalue weighted by Crippen LogP contribution is 2.20. The minimum atomic E-state index is -0.361. The lowest BCUT2D eigenvalue weighted by Gasteiger charge is -2.15. The Morgan fingerprint density at radius 2 is 1.79 bits per heavy atom. The lowest BCUT2D eigenvalue weighted by Crippen LogP contribution is -2.18. The summed E-state index contributed by atoms with van der Waals surface area (Å²) in [4.78, 5) is 0. The average Bonchev–Trinajstić information content (AvgIpc) is 2.41. The van der Waals surface area contributed by atoms with Crippen molar-refractivity contribution < 1.29 is 4.39 Å². The van der Waals surface area contributed by atoms with Crippen molar-refractivity contribution in [2.24, 2.45) is 0 Å². The molecule has 100 valence electrons. The number of hydrogen-bond acceptors (Lipinski definition) is 1. The molecule has 0 spiro atoms. The van der Waals surface area contributed by atoms with Gasteiger partial charge in [-0.2, -0.15) is 0 Å². The molecule has 19 heavy (non-hydrogen) atoms. The molecule has 0 aliphatic rings. The summed E-state index contributed by atoms with van der Waals surface area (Å²) >= 11 is 11.6. The van der Waals surface area contributed by atoms with E-state index in [-0.39, 0.29) is 16.9 Å². The van der Waals surface area contributed by atoms with Crippen LogP contribution in [0, 0.1) is 5.82 Å². The first-order valence-corrected chi connectivity index (χ1v) is 6.75. The van der Waals surface area contributed by atoms with E-state index in [0.717, 1.165) is 5.56 Å². The predicted octanol–water partition coefficient (Wildman–Crippen LogP) is 4.98. The van der Waals surface area contributed by atoms with Crippen LogP contribution >= 0.6 is 23.2 Å². The Hall–Kier alpha value is -1.09. The van der Waals surface area contributed by atoms with Gasteiger partial charge in [-0.05, 0) is 30.7 Å². The molecule has 0 aliphatic carbocycles. The smallest absolute Gasteiger partial charge is 0.146 e. The van der Waals surface area contributed by atoms with Gasteiger partial charge in [0.2, 0.25) is 0 Å². The second kappa shape index (κ2) is 6.38. The van der Waals surface area contributed by atoms with Gasteiger partial charge >= 0.3 is 0 Å². The van der Waals surface area contributed by atoms with Gasteiger partial charge in [0.25, 0.3) is 0 Å². The number of benzene rings is 2. The second-order valence-corrected chi connectivity index (χ2v) is 5.21. The molecule has 0 aliphatic heterocycles. The minimum absolute atomic E-state index is 0.107. The van der Waals surface area contributed by atoms with Crippen molar-refractivity contribution in [1.29, 1.82) is 0 Å². The molecular weight excluding hydrogens is 284 g/mol. The minimum Gasteiger partial charge on any atom is -0.306 e. The van der Waals surface area contributed by atoms with Crippen LogP contribution in [0.5, 0.6) is 0 Å². The molecule has 2 aromatic carbocycles. The Bertz CT molecular complexity index is 555. The molecule has 0 saturated heterocycles. The zero-order valence-corrected chi connectivity index (χ0v) is 12.0. The fourth-order valence-corrected chi connectivity index (χ4v) is 2.14. The summed E-state index contributed by atoms with van der Waals surface area (Å²) < 4.78 is 13.7. The Labute approximate surface area is 122 Å². The first kappa shape index (κ1) is 14.3. The van der Waals surface area contributed by atoms with Gasteiger partial charge in [-0.1, -0.05) is 47.5 Å². The van der Waals surface area contributed by atoms with Crippen molar-refractivity contribution in [2.45, 2.75) is 19.5 Å². The zero-order chi connectivity index (χ0) is 13.8. The summed E-state index contributed by atoms with van der Waals surface area (Å²) in [7, 11) is 0. The van der Waals surface area contributed by atoms with E-state index in [4.69, 9.17) is 23.2 Å². The molecule has 4 heteroatoms. The topological polar surface area (TPSA) is 12.0 Å². The van der Waals surface area contributed by atoms with Gasteiger partial charge in [-0.25, -0.2) is 4.39 Å². The molecule has 1 unspecified atom stereocenters. The van der Waals surface area contributed by atoms with Crippen molar-refractivity contribution in [3.8, 4) is 0 Å². The van der Waals surface area contributed by atoms with Crippen molar-refractivity contribution in [1.82, 2.24) is 5.32 Å². The van der Waals surface area contributed by atoms with Crippen molar-refractivity contribution in [2.75, 3.05) is 0 Å². The van der Waals surface area contributed by atoms with Crippen molar-refractivity contribution in [3.63, 3.8) is 0 Å². The van der Waals surface area contributed by atoms with Gasteiger partial charge in [-0.15, -0.1) is 0 Å². The Balaban J connectivity index is 2.02. The van der Waals surface area contributed by atoms with Crippen LogP contribution in [0.3, 0.4) is 0 Å². The number of halogens is 3. The summed E-state index contributed by atoms with van der Waals surface area (Å²) in [5.74, 6) is -0.361. The van der Waals surface area contributed by atoms with Gasteiger partial charge < -0.3 is 5.32 Å². The van der Waals surface area contributed by atoms with E-state index in [2.05, 4.69) is 5.32 Å². The molecular formula is C15H14Cl2FN. The molecule has 0 saturated carbocycles. The molecule has 2 aromatic rings. The van der Waals surface area contributed by atoms with Crippen LogP contribution in [0.2, 0.25) is 10.0 Å². The molecule has 1 atom stereocenters. The van der Waals surface area contributed by atoms with Crippen LogP contribution in [0.1, 0.15) is 24.1 Å². The van der Waals surface area contributed by atoms with Crippen LogP contribution in [-0.4, -0.2) is 0 Å². The standard InChI is InChI=1S/C15H14Cl2FN/c1-10(11-5-7-13(16)8-6-11)19-9-12-3-2-4-14(17)15(12)18/h2-8,10,19H,9H2,1H3. The van der Waals surface area contributed by atoms with Gasteiger partial charge in [0.15, 0.2) is 0 Å². The van der Waals surface area contributed by atoms with Crippen molar-refractivity contribution in [3.05, 3.63) is 69.5 Å². The number of nitrogens with one attached hydrogen (secondary N) is 1. The van der Waals surface area contributed by atoms with E-state index < -0.39 is 0 Å². The van der Waals surface area contributed by atoms with E-state index in [1.54, 1.807) is 18.2 Å². The lowest BCUT2D eigenvalue weighted by atomic mass is 10.1. The van der Waals surface area contributed by atoms with Crippen LogP contribution in [-0.2, 0) is 6.54 Å². The third-order valence-corrected chi connectivity index (χ3v) is 3.54. The van der Waals surface area contributed by atoms with Crippen LogP contribution in [0.25, 0.3) is 0 Å². The molecule has 0 bridgehead atoms. The molecule has 2 rings (SSSR count).